The van der Waals surface area contributed by atoms with Crippen molar-refractivity contribution in [3.63, 3.8) is 0 Å². The number of hydrogen-bond acceptors (Lipinski definition) is 3. The predicted octanol–water partition coefficient (Wildman–Crippen LogP) is 1.65. The molecule has 5 nitrogen and oxygen atoms in total. The van der Waals surface area contributed by atoms with Gasteiger partial charge in [0.1, 0.15) is 5.57 Å². The number of halogens is 1. The first-order valence-corrected chi connectivity index (χ1v) is 5.75. The second-order valence-electron chi connectivity index (χ2n) is 3.70. The average Bonchev–Trinajstić information content (AvgIpc) is 2.34. The Balaban J connectivity index is 2.18. The first kappa shape index (κ1) is 13.0. The molecule has 1 heterocycles. The van der Waals surface area contributed by atoms with Crippen molar-refractivity contribution < 1.29 is 14.4 Å². The number of barbiturate groups is 1. The van der Waals surface area contributed by atoms with Gasteiger partial charge in [-0.3, -0.25) is 20.2 Å². The third kappa shape index (κ3) is 3.08. The summed E-state index contributed by atoms with van der Waals surface area (Å²) in [6.07, 6.45) is 4.50. The third-order valence-corrected chi connectivity index (χ3v) is 2.73. The molecule has 2 rings (SSSR count). The summed E-state index contributed by atoms with van der Waals surface area (Å²) in [4.78, 5) is 33.6. The lowest BCUT2D eigenvalue weighted by molar-refractivity contribution is -0.124. The number of carbonyl (C=O) groups excluding carboxylic acids is 3. The number of urea groups is 1. The van der Waals surface area contributed by atoms with E-state index in [1.165, 1.54) is 12.2 Å². The first-order valence-electron chi connectivity index (χ1n) is 5.37. The van der Waals surface area contributed by atoms with Gasteiger partial charge in [0.2, 0.25) is 0 Å². The van der Waals surface area contributed by atoms with Gasteiger partial charge in [0.15, 0.2) is 0 Å². The molecule has 0 atom stereocenters. The van der Waals surface area contributed by atoms with Gasteiger partial charge in [-0.25, -0.2) is 4.79 Å². The standard InChI is InChI=1S/C13H9ClN2O3/c14-10-7-2-1-4-8(10)5-3-6-9-11(17)15-13(19)16-12(9)18/h1-7H,(H2,15,16,17,18,19)/b5-3+. The molecule has 1 aliphatic rings. The molecule has 0 saturated carbocycles. The zero-order valence-electron chi connectivity index (χ0n) is 9.64. The molecule has 0 radical (unpaired) electrons. The van der Waals surface area contributed by atoms with Gasteiger partial charge in [0.05, 0.1) is 0 Å². The molecular weight excluding hydrogens is 268 g/mol. The van der Waals surface area contributed by atoms with Crippen LogP contribution in [0.5, 0.6) is 0 Å². The van der Waals surface area contributed by atoms with Crippen molar-refractivity contribution in [1.29, 1.82) is 0 Å². The zero-order valence-corrected chi connectivity index (χ0v) is 10.4. The van der Waals surface area contributed by atoms with E-state index in [2.05, 4.69) is 0 Å². The van der Waals surface area contributed by atoms with E-state index in [-0.39, 0.29) is 5.57 Å². The van der Waals surface area contributed by atoms with E-state index >= 15 is 0 Å². The van der Waals surface area contributed by atoms with Crippen molar-refractivity contribution in [1.82, 2.24) is 10.6 Å². The molecule has 1 fully saturated rings. The highest BCUT2D eigenvalue weighted by Crippen LogP contribution is 2.16. The molecule has 0 unspecified atom stereocenters. The molecule has 0 aliphatic carbocycles. The Kier molecular flexibility index (Phi) is 3.77. The summed E-state index contributed by atoms with van der Waals surface area (Å²) in [5.74, 6) is -1.45. The van der Waals surface area contributed by atoms with Gasteiger partial charge in [0, 0.05) is 5.02 Å². The topological polar surface area (TPSA) is 75.3 Å². The maximum Gasteiger partial charge on any atom is 0.328 e. The second-order valence-corrected chi connectivity index (χ2v) is 4.11. The van der Waals surface area contributed by atoms with Crippen LogP contribution in [0, 0.1) is 0 Å². The van der Waals surface area contributed by atoms with Gasteiger partial charge in [-0.2, -0.15) is 0 Å². The SMILES string of the molecule is O=C1NC(=O)C(=C/C=C/c2ccccc2Cl)C(=O)N1. The Morgan fingerprint density at radius 3 is 2.26 bits per heavy atom. The molecule has 1 aromatic rings. The summed E-state index contributed by atoms with van der Waals surface area (Å²) in [5, 5.41) is 4.52. The zero-order chi connectivity index (χ0) is 13.8. The Labute approximate surface area is 113 Å². The van der Waals surface area contributed by atoms with Crippen molar-refractivity contribution in [2.45, 2.75) is 0 Å². The number of imide groups is 2. The molecule has 2 N–H and O–H groups in total. The Bertz CT molecular complexity index is 598. The Morgan fingerprint density at radius 2 is 1.63 bits per heavy atom. The molecule has 1 aliphatic heterocycles. The molecule has 0 aromatic heterocycles. The second kappa shape index (κ2) is 5.49. The van der Waals surface area contributed by atoms with Crippen molar-refractivity contribution in [3.05, 3.63) is 52.6 Å². The summed E-state index contributed by atoms with van der Waals surface area (Å²) in [7, 11) is 0. The predicted molar refractivity (Wildman–Crippen MR) is 70.3 cm³/mol. The number of benzene rings is 1. The molecule has 96 valence electrons. The molecule has 1 saturated heterocycles. The number of amides is 4. The maximum atomic E-state index is 11.4. The van der Waals surface area contributed by atoms with E-state index in [0.717, 1.165) is 5.56 Å². The van der Waals surface area contributed by atoms with E-state index in [1.54, 1.807) is 24.3 Å². The molecule has 0 spiro atoms. The van der Waals surface area contributed by atoms with Crippen LogP contribution in [0.3, 0.4) is 0 Å². The van der Waals surface area contributed by atoms with Crippen LogP contribution < -0.4 is 10.6 Å². The van der Waals surface area contributed by atoms with E-state index in [1.807, 2.05) is 16.7 Å². The van der Waals surface area contributed by atoms with Crippen molar-refractivity contribution in [3.8, 4) is 0 Å². The molecule has 1 aromatic carbocycles. The van der Waals surface area contributed by atoms with Crippen molar-refractivity contribution in [2.75, 3.05) is 0 Å². The fourth-order valence-electron chi connectivity index (χ4n) is 1.48. The summed E-state index contributed by atoms with van der Waals surface area (Å²) < 4.78 is 0. The van der Waals surface area contributed by atoms with Crippen LogP contribution >= 0.6 is 11.6 Å². The van der Waals surface area contributed by atoms with Crippen LogP contribution in [-0.2, 0) is 9.59 Å². The van der Waals surface area contributed by atoms with Gasteiger partial charge in [-0.05, 0) is 17.7 Å². The molecule has 0 bridgehead atoms. The lowest BCUT2D eigenvalue weighted by Crippen LogP contribution is -2.51. The largest absolute Gasteiger partial charge is 0.328 e. The van der Waals surface area contributed by atoms with Crippen molar-refractivity contribution in [2.24, 2.45) is 0 Å². The normalized spacial score (nSPS) is 15.4. The number of hydrogen-bond donors (Lipinski definition) is 2. The van der Waals surface area contributed by atoms with Gasteiger partial charge >= 0.3 is 6.03 Å². The Morgan fingerprint density at radius 1 is 1.00 bits per heavy atom. The summed E-state index contributed by atoms with van der Waals surface area (Å²) in [6, 6.07) is 6.32. The molecule has 6 heteroatoms. The van der Waals surface area contributed by atoms with Gasteiger partial charge < -0.3 is 0 Å². The van der Waals surface area contributed by atoms with Crippen LogP contribution in [-0.4, -0.2) is 17.8 Å². The monoisotopic (exact) mass is 276 g/mol. The third-order valence-electron chi connectivity index (χ3n) is 2.39. The fraction of sp³-hybridized carbons (Fsp3) is 0. The smallest absolute Gasteiger partial charge is 0.273 e. The van der Waals surface area contributed by atoms with E-state index in [9.17, 15) is 14.4 Å². The lowest BCUT2D eigenvalue weighted by Gasteiger charge is -2.12. The lowest BCUT2D eigenvalue weighted by atomic mass is 10.1. The quantitative estimate of drug-likeness (QED) is 0.637. The van der Waals surface area contributed by atoms with E-state index in [0.29, 0.717) is 5.02 Å². The summed E-state index contributed by atoms with van der Waals surface area (Å²) >= 11 is 5.95. The minimum atomic E-state index is -0.817. The highest BCUT2D eigenvalue weighted by Gasteiger charge is 2.26. The van der Waals surface area contributed by atoms with Gasteiger partial charge in [0.25, 0.3) is 11.8 Å². The molecule has 4 amide bonds. The van der Waals surface area contributed by atoms with E-state index in [4.69, 9.17) is 11.6 Å². The van der Waals surface area contributed by atoms with Gasteiger partial charge in [-0.1, -0.05) is 42.0 Å². The maximum absolute atomic E-state index is 11.4. The van der Waals surface area contributed by atoms with Crippen LogP contribution in [0.4, 0.5) is 4.79 Å². The fourth-order valence-corrected chi connectivity index (χ4v) is 1.68. The van der Waals surface area contributed by atoms with Gasteiger partial charge in [-0.15, -0.1) is 0 Å². The van der Waals surface area contributed by atoms with Crippen LogP contribution in [0.1, 0.15) is 5.56 Å². The van der Waals surface area contributed by atoms with Crippen LogP contribution in [0.25, 0.3) is 6.08 Å². The average molecular weight is 277 g/mol. The minimum absolute atomic E-state index is 0.136. The highest BCUT2D eigenvalue weighted by atomic mass is 35.5. The number of rotatable bonds is 2. The first-order chi connectivity index (χ1) is 9.08. The highest BCUT2D eigenvalue weighted by molar-refractivity contribution is 6.32. The summed E-state index contributed by atoms with van der Waals surface area (Å²) in [6.45, 7) is 0. The van der Waals surface area contributed by atoms with Crippen LogP contribution in [0.15, 0.2) is 42.0 Å². The van der Waals surface area contributed by atoms with Crippen molar-refractivity contribution >= 4 is 35.5 Å². The molecular formula is C13H9ClN2O3. The number of nitrogens with one attached hydrogen (secondary N) is 2. The summed E-state index contributed by atoms with van der Waals surface area (Å²) in [5.41, 5.74) is 0.622. The van der Waals surface area contributed by atoms with Crippen LogP contribution in [0.2, 0.25) is 5.02 Å². The Hall–Kier alpha value is -2.40. The molecule has 19 heavy (non-hydrogen) atoms. The number of carbonyl (C=O) groups is 3. The van der Waals surface area contributed by atoms with E-state index < -0.39 is 17.8 Å². The minimum Gasteiger partial charge on any atom is -0.273 e. The number of allylic oxidation sites excluding steroid dienone is 2.